The Morgan fingerprint density at radius 3 is 2.94 bits per heavy atom. The Morgan fingerprint density at radius 1 is 1.38 bits per heavy atom. The maximum Gasteiger partial charge on any atom is 0.142 e. The summed E-state index contributed by atoms with van der Waals surface area (Å²) in [5.41, 5.74) is 0.731. The number of nitriles is 1. The molecule has 0 saturated heterocycles. The Kier molecular flexibility index (Phi) is 3.14. The standard InChI is InChI=1S/C11H7Cl2N3/c12-8-1-2-10(13)9(7-8)11-15-4-6-16(11)5-3-14/h1-2,4,6-7H,5H2. The van der Waals surface area contributed by atoms with E-state index in [9.17, 15) is 0 Å². The minimum atomic E-state index is 0.234. The van der Waals surface area contributed by atoms with Gasteiger partial charge in [0.25, 0.3) is 0 Å². The van der Waals surface area contributed by atoms with Gasteiger partial charge in [-0.3, -0.25) is 0 Å². The smallest absolute Gasteiger partial charge is 0.142 e. The molecule has 0 radical (unpaired) electrons. The van der Waals surface area contributed by atoms with E-state index in [-0.39, 0.29) is 6.54 Å². The van der Waals surface area contributed by atoms with Crippen molar-refractivity contribution in [2.24, 2.45) is 0 Å². The SMILES string of the molecule is N#CCn1ccnc1-c1cc(Cl)ccc1Cl. The Labute approximate surface area is 103 Å². The van der Waals surface area contributed by atoms with Crippen molar-refractivity contribution in [2.75, 3.05) is 0 Å². The van der Waals surface area contributed by atoms with Gasteiger partial charge in [-0.1, -0.05) is 23.2 Å². The van der Waals surface area contributed by atoms with Crippen molar-refractivity contribution in [3.63, 3.8) is 0 Å². The summed E-state index contributed by atoms with van der Waals surface area (Å²) in [4.78, 5) is 4.18. The Hall–Kier alpha value is -1.50. The first-order valence-electron chi connectivity index (χ1n) is 4.56. The molecule has 3 nitrogen and oxygen atoms in total. The minimum absolute atomic E-state index is 0.234. The highest BCUT2D eigenvalue weighted by atomic mass is 35.5. The Morgan fingerprint density at radius 2 is 2.19 bits per heavy atom. The van der Waals surface area contributed by atoms with Gasteiger partial charge in [-0.2, -0.15) is 5.26 Å². The molecule has 0 bridgehead atoms. The summed E-state index contributed by atoms with van der Waals surface area (Å²) >= 11 is 12.0. The van der Waals surface area contributed by atoms with Crippen LogP contribution in [0, 0.1) is 11.3 Å². The van der Waals surface area contributed by atoms with E-state index >= 15 is 0 Å². The van der Waals surface area contributed by atoms with Gasteiger partial charge < -0.3 is 4.57 Å². The van der Waals surface area contributed by atoms with Gasteiger partial charge in [-0.25, -0.2) is 4.98 Å². The van der Waals surface area contributed by atoms with Crippen LogP contribution in [0.1, 0.15) is 0 Å². The number of hydrogen-bond donors (Lipinski definition) is 0. The molecule has 0 spiro atoms. The molecule has 5 heteroatoms. The van der Waals surface area contributed by atoms with E-state index in [1.807, 2.05) is 0 Å². The maximum atomic E-state index is 8.68. The number of imidazole rings is 1. The van der Waals surface area contributed by atoms with Crippen LogP contribution in [0.3, 0.4) is 0 Å². The Balaban J connectivity index is 2.54. The lowest BCUT2D eigenvalue weighted by molar-refractivity contribution is 0.841. The minimum Gasteiger partial charge on any atom is -0.317 e. The zero-order valence-corrected chi connectivity index (χ0v) is 9.70. The van der Waals surface area contributed by atoms with Crippen LogP contribution in [0.4, 0.5) is 0 Å². The van der Waals surface area contributed by atoms with Crippen LogP contribution < -0.4 is 0 Å². The van der Waals surface area contributed by atoms with Crippen molar-refractivity contribution >= 4 is 23.2 Å². The molecule has 0 saturated carbocycles. The lowest BCUT2D eigenvalue weighted by atomic mass is 10.2. The van der Waals surface area contributed by atoms with Crippen molar-refractivity contribution in [1.29, 1.82) is 5.26 Å². The average Bonchev–Trinajstić information content (AvgIpc) is 2.70. The summed E-state index contributed by atoms with van der Waals surface area (Å²) in [6, 6.07) is 7.22. The molecule has 0 atom stereocenters. The number of rotatable bonds is 2. The van der Waals surface area contributed by atoms with Crippen LogP contribution in [-0.4, -0.2) is 9.55 Å². The quantitative estimate of drug-likeness (QED) is 0.822. The number of nitrogens with zero attached hydrogens (tertiary/aromatic N) is 3. The molecule has 2 rings (SSSR count). The number of aromatic nitrogens is 2. The second-order valence-corrected chi connectivity index (χ2v) is 4.00. The van der Waals surface area contributed by atoms with Crippen molar-refractivity contribution in [2.45, 2.75) is 6.54 Å². The third-order valence-electron chi connectivity index (χ3n) is 2.13. The van der Waals surface area contributed by atoms with E-state index in [2.05, 4.69) is 11.1 Å². The van der Waals surface area contributed by atoms with E-state index in [0.29, 0.717) is 15.9 Å². The van der Waals surface area contributed by atoms with Gasteiger partial charge in [0.05, 0.1) is 11.1 Å². The molecule has 0 N–H and O–H groups in total. The highest BCUT2D eigenvalue weighted by molar-refractivity contribution is 6.35. The van der Waals surface area contributed by atoms with Crippen LogP contribution in [0.25, 0.3) is 11.4 Å². The molecule has 1 aromatic carbocycles. The lowest BCUT2D eigenvalue weighted by Crippen LogP contribution is -1.97. The zero-order valence-electron chi connectivity index (χ0n) is 8.19. The summed E-state index contributed by atoms with van der Waals surface area (Å²) in [5.74, 6) is 0.647. The molecule has 80 valence electrons. The molecule has 2 aromatic rings. The summed E-state index contributed by atoms with van der Waals surface area (Å²) in [6.45, 7) is 0.234. The molecule has 0 unspecified atom stereocenters. The van der Waals surface area contributed by atoms with Crippen LogP contribution in [-0.2, 0) is 6.54 Å². The van der Waals surface area contributed by atoms with Gasteiger partial charge in [0.1, 0.15) is 12.4 Å². The predicted molar refractivity (Wildman–Crippen MR) is 63.3 cm³/mol. The average molecular weight is 252 g/mol. The van der Waals surface area contributed by atoms with Crippen molar-refractivity contribution in [3.8, 4) is 17.5 Å². The van der Waals surface area contributed by atoms with E-state index in [1.165, 1.54) is 0 Å². The molecule has 0 aliphatic carbocycles. The van der Waals surface area contributed by atoms with Crippen molar-refractivity contribution in [1.82, 2.24) is 9.55 Å². The zero-order chi connectivity index (χ0) is 11.5. The van der Waals surface area contributed by atoms with Crippen molar-refractivity contribution in [3.05, 3.63) is 40.6 Å². The first kappa shape index (κ1) is 11.0. The molecule has 0 fully saturated rings. The fourth-order valence-electron chi connectivity index (χ4n) is 1.43. The highest BCUT2D eigenvalue weighted by Gasteiger charge is 2.10. The van der Waals surface area contributed by atoms with Crippen LogP contribution in [0.15, 0.2) is 30.6 Å². The third-order valence-corrected chi connectivity index (χ3v) is 2.69. The van der Waals surface area contributed by atoms with E-state index in [4.69, 9.17) is 28.5 Å². The lowest BCUT2D eigenvalue weighted by Gasteiger charge is -2.06. The molecule has 0 aliphatic rings. The topological polar surface area (TPSA) is 41.6 Å². The third kappa shape index (κ3) is 2.04. The second kappa shape index (κ2) is 4.56. The van der Waals surface area contributed by atoms with Gasteiger partial charge in [-0.05, 0) is 18.2 Å². The largest absolute Gasteiger partial charge is 0.317 e. The molecule has 0 aliphatic heterocycles. The molecule has 0 amide bonds. The summed E-state index contributed by atoms with van der Waals surface area (Å²) in [7, 11) is 0. The highest BCUT2D eigenvalue weighted by Crippen LogP contribution is 2.29. The molecule has 16 heavy (non-hydrogen) atoms. The normalized spacial score (nSPS) is 10.1. The van der Waals surface area contributed by atoms with E-state index in [0.717, 1.165) is 5.56 Å². The number of benzene rings is 1. The molecular weight excluding hydrogens is 245 g/mol. The van der Waals surface area contributed by atoms with Crippen molar-refractivity contribution < 1.29 is 0 Å². The molecular formula is C11H7Cl2N3. The van der Waals surface area contributed by atoms with Gasteiger partial charge in [0.2, 0.25) is 0 Å². The van der Waals surface area contributed by atoms with Crippen LogP contribution in [0.2, 0.25) is 10.0 Å². The van der Waals surface area contributed by atoms with Crippen LogP contribution >= 0.6 is 23.2 Å². The van der Waals surface area contributed by atoms with Crippen LogP contribution in [0.5, 0.6) is 0 Å². The predicted octanol–water partition coefficient (Wildman–Crippen LogP) is 3.38. The fourth-order valence-corrected chi connectivity index (χ4v) is 1.80. The summed E-state index contributed by atoms with van der Waals surface area (Å²) < 4.78 is 1.72. The number of halogens is 2. The first-order valence-corrected chi connectivity index (χ1v) is 5.31. The van der Waals surface area contributed by atoms with Gasteiger partial charge >= 0.3 is 0 Å². The summed E-state index contributed by atoms with van der Waals surface area (Å²) in [6.07, 6.45) is 3.36. The van der Waals surface area contributed by atoms with E-state index in [1.54, 1.807) is 35.2 Å². The van der Waals surface area contributed by atoms with Gasteiger partial charge in [0.15, 0.2) is 0 Å². The Bertz CT molecular complexity index is 555. The number of hydrogen-bond acceptors (Lipinski definition) is 2. The fraction of sp³-hybridized carbons (Fsp3) is 0.0909. The molecule has 1 aromatic heterocycles. The summed E-state index contributed by atoms with van der Waals surface area (Å²) in [5, 5.41) is 9.83. The monoisotopic (exact) mass is 251 g/mol. The van der Waals surface area contributed by atoms with E-state index < -0.39 is 0 Å². The van der Waals surface area contributed by atoms with Gasteiger partial charge in [0, 0.05) is 23.0 Å². The molecule has 1 heterocycles. The first-order chi connectivity index (χ1) is 7.72. The maximum absolute atomic E-state index is 8.68. The second-order valence-electron chi connectivity index (χ2n) is 3.16. The van der Waals surface area contributed by atoms with Gasteiger partial charge in [-0.15, -0.1) is 0 Å².